The summed E-state index contributed by atoms with van der Waals surface area (Å²) < 4.78 is 16.9. The van der Waals surface area contributed by atoms with Gasteiger partial charge in [-0.05, 0) is 69.1 Å². The van der Waals surface area contributed by atoms with E-state index in [1.165, 1.54) is 27.7 Å². The van der Waals surface area contributed by atoms with Crippen LogP contribution in [0.5, 0.6) is 0 Å². The Bertz CT molecular complexity index is 1340. The molecule has 3 saturated carbocycles. The highest BCUT2D eigenvalue weighted by Crippen LogP contribution is 2.74. The third-order valence-electron chi connectivity index (χ3n) is 12.7. The van der Waals surface area contributed by atoms with Gasteiger partial charge in [0.25, 0.3) is 0 Å². The van der Waals surface area contributed by atoms with Gasteiger partial charge in [-0.3, -0.25) is 24.0 Å². The number of hydrogen-bond acceptors (Lipinski definition) is 10. The molecule has 258 valence electrons. The number of Topliss-reactive ketones (excluding diaryl/α,β-unsaturated/α-hetero) is 2. The van der Waals surface area contributed by atoms with Crippen molar-refractivity contribution in [2.45, 2.75) is 144 Å². The number of carbonyl (C=O) groups excluding carboxylic acids is 5. The molecule has 0 aromatic rings. The molecular formula is C36H54O10. The number of ketones is 2. The van der Waals surface area contributed by atoms with Crippen LogP contribution >= 0.6 is 0 Å². The third-order valence-corrected chi connectivity index (χ3v) is 12.7. The summed E-state index contributed by atoms with van der Waals surface area (Å²) in [5.74, 6) is -3.39. The summed E-state index contributed by atoms with van der Waals surface area (Å²) in [6.07, 6.45) is 0.940. The summed E-state index contributed by atoms with van der Waals surface area (Å²) in [6.45, 7) is 18.7. The molecule has 0 aliphatic heterocycles. The van der Waals surface area contributed by atoms with Crippen molar-refractivity contribution in [3.8, 4) is 0 Å². The van der Waals surface area contributed by atoms with Gasteiger partial charge in [0.05, 0.1) is 6.10 Å². The quantitative estimate of drug-likeness (QED) is 0.216. The van der Waals surface area contributed by atoms with Gasteiger partial charge in [-0.25, -0.2) is 0 Å². The van der Waals surface area contributed by atoms with Gasteiger partial charge in [0.1, 0.15) is 29.2 Å². The van der Waals surface area contributed by atoms with Crippen LogP contribution in [0.1, 0.15) is 115 Å². The van der Waals surface area contributed by atoms with Gasteiger partial charge in [0, 0.05) is 50.4 Å². The van der Waals surface area contributed by atoms with Crippen LogP contribution in [-0.4, -0.2) is 69.2 Å². The molecule has 1 unspecified atom stereocenters. The minimum absolute atomic E-state index is 0.0188. The molecule has 46 heavy (non-hydrogen) atoms. The number of rotatable bonds is 8. The molecule has 10 nitrogen and oxygen atoms in total. The maximum absolute atomic E-state index is 14.7. The Morgan fingerprint density at radius 1 is 0.935 bits per heavy atom. The van der Waals surface area contributed by atoms with Crippen molar-refractivity contribution in [2.75, 3.05) is 0 Å². The molecule has 0 bridgehead atoms. The second-order valence-electron chi connectivity index (χ2n) is 16.5. The first-order valence-corrected chi connectivity index (χ1v) is 16.6. The van der Waals surface area contributed by atoms with Crippen molar-refractivity contribution in [1.29, 1.82) is 0 Å². The first-order chi connectivity index (χ1) is 20.9. The van der Waals surface area contributed by atoms with E-state index in [9.17, 15) is 34.2 Å². The predicted octanol–water partition coefficient (Wildman–Crippen LogP) is 4.66. The van der Waals surface area contributed by atoms with E-state index in [1.54, 1.807) is 13.8 Å². The van der Waals surface area contributed by atoms with Crippen LogP contribution in [0.15, 0.2) is 11.6 Å². The highest BCUT2D eigenvalue weighted by Gasteiger charge is 2.75. The zero-order valence-corrected chi connectivity index (χ0v) is 29.4. The summed E-state index contributed by atoms with van der Waals surface area (Å²) in [4.78, 5) is 64.3. The number of ether oxygens (including phenoxy) is 3. The minimum atomic E-state index is -1.94. The van der Waals surface area contributed by atoms with Crippen molar-refractivity contribution in [1.82, 2.24) is 0 Å². The molecule has 0 saturated heterocycles. The Morgan fingerprint density at radius 2 is 1.52 bits per heavy atom. The van der Waals surface area contributed by atoms with Gasteiger partial charge in [-0.15, -0.1) is 0 Å². The molecule has 4 rings (SSSR count). The van der Waals surface area contributed by atoms with Crippen LogP contribution in [0.4, 0.5) is 0 Å². The van der Waals surface area contributed by atoms with E-state index >= 15 is 0 Å². The normalized spacial score (nSPS) is 39.5. The molecular weight excluding hydrogens is 592 g/mol. The summed E-state index contributed by atoms with van der Waals surface area (Å²) in [5.41, 5.74) is -5.03. The molecule has 0 amide bonds. The monoisotopic (exact) mass is 646 g/mol. The van der Waals surface area contributed by atoms with E-state index in [0.717, 1.165) is 5.57 Å². The Labute approximate surface area is 273 Å². The molecule has 10 atom stereocenters. The lowest BCUT2D eigenvalue weighted by molar-refractivity contribution is -0.197. The molecule has 0 aromatic carbocycles. The smallest absolute Gasteiger partial charge is 0.303 e. The van der Waals surface area contributed by atoms with Gasteiger partial charge in [0.2, 0.25) is 0 Å². The van der Waals surface area contributed by atoms with Gasteiger partial charge in [0.15, 0.2) is 5.78 Å². The van der Waals surface area contributed by atoms with Crippen LogP contribution in [-0.2, 0) is 38.2 Å². The zero-order valence-electron chi connectivity index (χ0n) is 29.4. The van der Waals surface area contributed by atoms with Gasteiger partial charge < -0.3 is 24.4 Å². The zero-order chi connectivity index (χ0) is 35.0. The number of esters is 3. The number of carbonyl (C=O) groups is 5. The molecule has 2 N–H and O–H groups in total. The Kier molecular flexibility index (Phi) is 9.09. The van der Waals surface area contributed by atoms with E-state index < -0.39 is 80.8 Å². The van der Waals surface area contributed by atoms with E-state index in [-0.39, 0.29) is 36.9 Å². The molecule has 0 aromatic heterocycles. The molecule has 0 spiro atoms. The first-order valence-electron chi connectivity index (χ1n) is 16.6. The molecule has 0 radical (unpaired) electrons. The maximum atomic E-state index is 14.7. The molecule has 10 heteroatoms. The fourth-order valence-corrected chi connectivity index (χ4v) is 10.5. The number of allylic oxidation sites excluding steroid dienone is 1. The molecule has 3 fully saturated rings. The topological polar surface area (TPSA) is 154 Å². The van der Waals surface area contributed by atoms with Crippen LogP contribution < -0.4 is 0 Å². The second kappa shape index (κ2) is 11.5. The lowest BCUT2D eigenvalue weighted by Gasteiger charge is -2.65. The van der Waals surface area contributed by atoms with E-state index in [1.807, 2.05) is 27.7 Å². The van der Waals surface area contributed by atoms with Crippen molar-refractivity contribution in [3.63, 3.8) is 0 Å². The minimum Gasteiger partial charge on any atom is -0.460 e. The average Bonchev–Trinajstić information content (AvgIpc) is 3.09. The second-order valence-corrected chi connectivity index (χ2v) is 16.5. The highest BCUT2D eigenvalue weighted by molar-refractivity contribution is 5.90. The van der Waals surface area contributed by atoms with E-state index in [4.69, 9.17) is 14.2 Å². The predicted molar refractivity (Wildman–Crippen MR) is 168 cm³/mol. The number of aliphatic hydroxyl groups excluding tert-OH is 1. The van der Waals surface area contributed by atoms with Crippen molar-refractivity contribution >= 4 is 29.5 Å². The lowest BCUT2D eigenvalue weighted by atomic mass is 9.38. The maximum Gasteiger partial charge on any atom is 0.303 e. The first kappa shape index (κ1) is 36.2. The van der Waals surface area contributed by atoms with Crippen LogP contribution in [0, 0.1) is 39.4 Å². The summed E-state index contributed by atoms with van der Waals surface area (Å²) >= 11 is 0. The number of fused-ring (bicyclic) bond motifs is 5. The standard InChI is InChI=1S/C36H54O10/c1-19(37)44-25-16-23-22(32(6,7)30(25)45-20(2)38)12-13-26-33(8)17-24(40)29(34(33,9)18-28(42)35(23,26)10)36(11,43)27(41)14-15-31(4,5)46-21(3)39/h12,23-26,29-30,40,43H,13-18H2,1-11H3/t23-,24-,25+,26+,29?,30-,33+,34-,35+,36+/m1/s1. The van der Waals surface area contributed by atoms with Gasteiger partial charge >= 0.3 is 17.9 Å². The molecule has 4 aliphatic rings. The third kappa shape index (κ3) is 5.55. The van der Waals surface area contributed by atoms with Crippen LogP contribution in [0.3, 0.4) is 0 Å². The average molecular weight is 647 g/mol. The largest absolute Gasteiger partial charge is 0.460 e. The molecule has 4 aliphatic carbocycles. The van der Waals surface area contributed by atoms with Gasteiger partial charge in [-0.2, -0.15) is 0 Å². The Morgan fingerprint density at radius 3 is 2.07 bits per heavy atom. The summed E-state index contributed by atoms with van der Waals surface area (Å²) in [6, 6.07) is 0. The van der Waals surface area contributed by atoms with E-state index in [2.05, 4.69) is 13.0 Å². The number of aliphatic hydroxyl groups is 2. The summed E-state index contributed by atoms with van der Waals surface area (Å²) in [5, 5.41) is 23.6. The lowest BCUT2D eigenvalue weighted by Crippen LogP contribution is -2.66. The Hall–Kier alpha value is -2.59. The summed E-state index contributed by atoms with van der Waals surface area (Å²) in [7, 11) is 0. The fourth-order valence-electron chi connectivity index (χ4n) is 10.5. The number of hydrogen-bond donors (Lipinski definition) is 2. The van der Waals surface area contributed by atoms with E-state index in [0.29, 0.717) is 19.3 Å². The fraction of sp³-hybridized carbons (Fsp3) is 0.806. The van der Waals surface area contributed by atoms with Crippen molar-refractivity contribution < 1.29 is 48.4 Å². The molecule has 0 heterocycles. The van der Waals surface area contributed by atoms with Crippen LogP contribution in [0.25, 0.3) is 0 Å². The Balaban J connectivity index is 1.73. The SMILES string of the molecule is CC(=O)O[C@H]1C[C@@H]2C(=CC[C@@H]3[C@@]2(C)C(=O)C[C@]2(C)C([C@@](C)(O)C(=O)CCC(C)(C)OC(C)=O)[C@H](O)C[C@@]32C)C(C)(C)[C@@H]1OC(C)=O. The highest BCUT2D eigenvalue weighted by atomic mass is 16.6. The van der Waals surface area contributed by atoms with Crippen LogP contribution in [0.2, 0.25) is 0 Å². The van der Waals surface area contributed by atoms with Crippen molar-refractivity contribution in [3.05, 3.63) is 11.6 Å². The van der Waals surface area contributed by atoms with Crippen molar-refractivity contribution in [2.24, 2.45) is 39.4 Å². The van der Waals surface area contributed by atoms with Gasteiger partial charge in [-0.1, -0.05) is 46.3 Å².